The number of carbonyl (C=O) groups is 1. The van der Waals surface area contributed by atoms with E-state index in [0.29, 0.717) is 17.4 Å². The highest BCUT2D eigenvalue weighted by Crippen LogP contribution is 2.34. The summed E-state index contributed by atoms with van der Waals surface area (Å²) in [4.78, 5) is 15.8. The van der Waals surface area contributed by atoms with Gasteiger partial charge in [0.1, 0.15) is 0 Å². The number of rotatable bonds is 3. The maximum atomic E-state index is 13.8. The van der Waals surface area contributed by atoms with Crippen LogP contribution in [0.1, 0.15) is 23.3 Å². The van der Waals surface area contributed by atoms with Gasteiger partial charge in [-0.25, -0.2) is 0 Å². The van der Waals surface area contributed by atoms with Crippen LogP contribution in [-0.2, 0) is 0 Å². The third-order valence-corrected chi connectivity index (χ3v) is 5.64. The summed E-state index contributed by atoms with van der Waals surface area (Å²) in [6.45, 7) is -0.433. The molecule has 1 amide bonds. The van der Waals surface area contributed by atoms with Gasteiger partial charge in [0, 0.05) is 16.4 Å². The summed E-state index contributed by atoms with van der Waals surface area (Å²) in [6, 6.07) is 4.83. The molecular formula is C16H17BrF2N4O. The number of hydrogen-bond acceptors (Lipinski definition) is 3. The Morgan fingerprint density at radius 1 is 1.38 bits per heavy atom. The lowest BCUT2D eigenvalue weighted by Crippen LogP contribution is -2.60. The normalized spacial score (nSPS) is 26.2. The third-order valence-electron chi connectivity index (χ3n) is 5.15. The quantitative estimate of drug-likeness (QED) is 0.808. The summed E-state index contributed by atoms with van der Waals surface area (Å²) in [5.41, 5.74) is 0.713. The molecule has 0 saturated carbocycles. The molecule has 1 aromatic carbocycles. The van der Waals surface area contributed by atoms with E-state index in [-0.39, 0.29) is 11.6 Å². The molecule has 0 aliphatic carbocycles. The summed E-state index contributed by atoms with van der Waals surface area (Å²) in [7, 11) is 0. The minimum absolute atomic E-state index is 0.0641. The first-order valence-corrected chi connectivity index (χ1v) is 8.80. The minimum Gasteiger partial charge on any atom is -0.301 e. The van der Waals surface area contributed by atoms with Gasteiger partial charge in [0.25, 0.3) is 5.91 Å². The van der Waals surface area contributed by atoms with Gasteiger partial charge in [0.2, 0.25) is 0 Å². The topological polar surface area (TPSA) is 52.2 Å². The number of hydrogen-bond donors (Lipinski definition) is 1. The molecule has 0 spiro atoms. The number of fused-ring (bicyclic) bond motifs is 4. The summed E-state index contributed by atoms with van der Waals surface area (Å²) < 4.78 is 28.3. The Labute approximate surface area is 146 Å². The highest BCUT2D eigenvalue weighted by Gasteiger charge is 2.43. The van der Waals surface area contributed by atoms with Gasteiger partial charge in [-0.15, -0.1) is 0 Å². The van der Waals surface area contributed by atoms with E-state index in [4.69, 9.17) is 0 Å². The predicted molar refractivity (Wildman–Crippen MR) is 88.9 cm³/mol. The largest absolute Gasteiger partial charge is 0.318 e. The fourth-order valence-electron chi connectivity index (χ4n) is 3.91. The maximum Gasteiger partial charge on any atom is 0.318 e. The average Bonchev–Trinajstić information content (AvgIpc) is 2.98. The molecule has 3 fully saturated rings. The van der Waals surface area contributed by atoms with E-state index in [1.54, 1.807) is 18.2 Å². The van der Waals surface area contributed by atoms with Crippen LogP contribution in [0.3, 0.4) is 0 Å². The second-order valence-corrected chi connectivity index (χ2v) is 7.37. The van der Waals surface area contributed by atoms with Crippen molar-refractivity contribution in [1.29, 1.82) is 0 Å². The summed E-state index contributed by atoms with van der Waals surface area (Å²) in [6.07, 6.45) is 1.74. The number of alkyl halides is 2. The fraction of sp³-hybridized carbons (Fsp3) is 0.500. The SMILES string of the molecule is O=C(c1n[nH]c2cc(Br)ccc12)N(C(F)F)[C@@H]1CN2CCC1CC2. The first-order chi connectivity index (χ1) is 11.5. The molecule has 24 heavy (non-hydrogen) atoms. The fourth-order valence-corrected chi connectivity index (χ4v) is 4.27. The number of nitrogens with zero attached hydrogens (tertiary/aromatic N) is 3. The zero-order valence-corrected chi connectivity index (χ0v) is 14.5. The molecule has 3 saturated heterocycles. The van der Waals surface area contributed by atoms with Crippen molar-refractivity contribution in [2.24, 2.45) is 5.92 Å². The van der Waals surface area contributed by atoms with Crippen LogP contribution >= 0.6 is 15.9 Å². The Hall–Kier alpha value is -1.54. The molecule has 0 unspecified atom stereocenters. The monoisotopic (exact) mass is 398 g/mol. The van der Waals surface area contributed by atoms with Gasteiger partial charge in [-0.3, -0.25) is 14.8 Å². The Morgan fingerprint density at radius 3 is 2.75 bits per heavy atom. The number of benzene rings is 1. The van der Waals surface area contributed by atoms with Crippen molar-refractivity contribution < 1.29 is 13.6 Å². The molecule has 3 aliphatic rings. The molecular weight excluding hydrogens is 382 g/mol. The van der Waals surface area contributed by atoms with Crippen molar-refractivity contribution in [2.75, 3.05) is 19.6 Å². The molecule has 1 aromatic heterocycles. The molecule has 4 heterocycles. The molecule has 0 radical (unpaired) electrons. The number of aromatic amines is 1. The lowest BCUT2D eigenvalue weighted by atomic mass is 9.83. The van der Waals surface area contributed by atoms with Gasteiger partial charge in [-0.2, -0.15) is 13.9 Å². The first kappa shape index (κ1) is 16.0. The Bertz CT molecular complexity index is 773. The minimum atomic E-state index is -2.83. The van der Waals surface area contributed by atoms with Crippen molar-refractivity contribution in [3.8, 4) is 0 Å². The molecule has 2 bridgehead atoms. The Morgan fingerprint density at radius 2 is 2.12 bits per heavy atom. The van der Waals surface area contributed by atoms with E-state index in [1.807, 2.05) is 0 Å². The van der Waals surface area contributed by atoms with E-state index >= 15 is 0 Å². The zero-order valence-electron chi connectivity index (χ0n) is 12.9. The number of halogens is 3. The number of aromatic nitrogens is 2. The number of carbonyl (C=O) groups excluding carboxylic acids is 1. The second-order valence-electron chi connectivity index (χ2n) is 6.46. The Kier molecular flexibility index (Phi) is 4.04. The zero-order chi connectivity index (χ0) is 16.8. The van der Waals surface area contributed by atoms with Crippen LogP contribution in [0, 0.1) is 5.92 Å². The molecule has 1 N–H and O–H groups in total. The van der Waals surface area contributed by atoms with Gasteiger partial charge in [0.05, 0.1) is 11.6 Å². The van der Waals surface area contributed by atoms with Gasteiger partial charge < -0.3 is 4.90 Å². The molecule has 128 valence electrons. The van der Waals surface area contributed by atoms with Crippen LogP contribution in [0.25, 0.3) is 10.9 Å². The van der Waals surface area contributed by atoms with E-state index in [2.05, 4.69) is 31.0 Å². The van der Waals surface area contributed by atoms with E-state index in [0.717, 1.165) is 35.3 Å². The van der Waals surface area contributed by atoms with Crippen LogP contribution in [0.2, 0.25) is 0 Å². The first-order valence-electron chi connectivity index (χ1n) is 8.01. The van der Waals surface area contributed by atoms with Crippen LogP contribution in [0.4, 0.5) is 8.78 Å². The van der Waals surface area contributed by atoms with E-state index in [1.165, 1.54) is 0 Å². The molecule has 5 rings (SSSR count). The van der Waals surface area contributed by atoms with Crippen molar-refractivity contribution in [3.63, 3.8) is 0 Å². The van der Waals surface area contributed by atoms with Gasteiger partial charge in [-0.05, 0) is 50.0 Å². The second kappa shape index (κ2) is 6.07. The molecule has 8 heteroatoms. The standard InChI is InChI=1S/C16H17BrF2N4O/c17-10-1-2-11-12(7-10)20-21-14(11)15(24)23(16(18)19)13-8-22-5-3-9(13)4-6-22/h1-2,7,9,13,16H,3-6,8H2,(H,20,21)/t13-/m1/s1. The number of nitrogens with one attached hydrogen (secondary N) is 1. The van der Waals surface area contributed by atoms with E-state index in [9.17, 15) is 13.6 Å². The molecule has 2 aromatic rings. The van der Waals surface area contributed by atoms with E-state index < -0.39 is 18.5 Å². The summed E-state index contributed by atoms with van der Waals surface area (Å²) in [5.74, 6) is -0.551. The van der Waals surface area contributed by atoms with Crippen LogP contribution in [-0.4, -0.2) is 58.1 Å². The lowest BCUT2D eigenvalue weighted by molar-refractivity contribution is -0.0791. The van der Waals surface area contributed by atoms with Crippen LogP contribution in [0.5, 0.6) is 0 Å². The van der Waals surface area contributed by atoms with Crippen molar-refractivity contribution >= 4 is 32.7 Å². The Balaban J connectivity index is 1.69. The summed E-state index contributed by atoms with van der Waals surface area (Å²) >= 11 is 3.35. The van der Waals surface area contributed by atoms with Gasteiger partial charge in [0.15, 0.2) is 5.69 Å². The number of piperidine rings is 3. The van der Waals surface area contributed by atoms with Gasteiger partial charge >= 0.3 is 6.55 Å². The third kappa shape index (κ3) is 2.61. The van der Waals surface area contributed by atoms with Crippen molar-refractivity contribution in [3.05, 3.63) is 28.4 Å². The maximum absolute atomic E-state index is 13.8. The summed E-state index contributed by atoms with van der Waals surface area (Å²) in [5, 5.41) is 7.34. The molecule has 1 atom stereocenters. The van der Waals surface area contributed by atoms with Crippen LogP contribution in [0.15, 0.2) is 22.7 Å². The average molecular weight is 399 g/mol. The number of H-pyrrole nitrogens is 1. The van der Waals surface area contributed by atoms with Crippen molar-refractivity contribution in [2.45, 2.75) is 25.4 Å². The smallest absolute Gasteiger partial charge is 0.301 e. The van der Waals surface area contributed by atoms with Crippen molar-refractivity contribution in [1.82, 2.24) is 20.0 Å². The van der Waals surface area contributed by atoms with Crippen LogP contribution < -0.4 is 0 Å². The molecule has 3 aliphatic heterocycles. The number of amides is 1. The predicted octanol–water partition coefficient (Wildman–Crippen LogP) is 3.08. The lowest BCUT2D eigenvalue weighted by Gasteiger charge is -2.48. The highest BCUT2D eigenvalue weighted by molar-refractivity contribution is 9.10. The van der Waals surface area contributed by atoms with Gasteiger partial charge in [-0.1, -0.05) is 15.9 Å². The molecule has 5 nitrogen and oxygen atoms in total. The highest BCUT2D eigenvalue weighted by atomic mass is 79.9.